The van der Waals surface area contributed by atoms with Crippen molar-refractivity contribution in [2.75, 3.05) is 5.75 Å². The fraction of sp³-hybridized carbons (Fsp3) is 0.182. The highest BCUT2D eigenvalue weighted by molar-refractivity contribution is 8.00. The van der Waals surface area contributed by atoms with Crippen LogP contribution in [0, 0.1) is 0 Å². The van der Waals surface area contributed by atoms with Crippen molar-refractivity contribution in [3.63, 3.8) is 0 Å². The molecule has 1 fully saturated rings. The third kappa shape index (κ3) is 3.61. The molecule has 1 aromatic carbocycles. The van der Waals surface area contributed by atoms with Crippen LogP contribution in [0.5, 0.6) is 0 Å². The van der Waals surface area contributed by atoms with Crippen molar-refractivity contribution in [1.29, 1.82) is 0 Å². The summed E-state index contributed by atoms with van der Waals surface area (Å²) < 4.78 is 5.42. The fourth-order valence-corrected chi connectivity index (χ4v) is 5.83. The van der Waals surface area contributed by atoms with Gasteiger partial charge in [-0.25, -0.2) is 4.79 Å². The summed E-state index contributed by atoms with van der Waals surface area (Å²) in [6.07, 6.45) is 0.187. The molecule has 0 spiro atoms. The van der Waals surface area contributed by atoms with Gasteiger partial charge in [0.05, 0.1) is 6.42 Å². The van der Waals surface area contributed by atoms with E-state index in [2.05, 4.69) is 10.5 Å². The van der Waals surface area contributed by atoms with Gasteiger partial charge in [0.15, 0.2) is 5.76 Å². The number of hydrogen-bond acceptors (Lipinski definition) is 7. The molecule has 2 amide bonds. The van der Waals surface area contributed by atoms with Crippen LogP contribution in [0.25, 0.3) is 16.9 Å². The summed E-state index contributed by atoms with van der Waals surface area (Å²) in [4.78, 5) is 39.4. The first-order valence-electron chi connectivity index (χ1n) is 9.78. The minimum atomic E-state index is -1.22. The molecule has 3 aromatic rings. The Bertz CT molecular complexity index is 1220. The van der Waals surface area contributed by atoms with Crippen molar-refractivity contribution in [1.82, 2.24) is 15.4 Å². The number of carbonyl (C=O) groups excluding carboxylic acids is 2. The van der Waals surface area contributed by atoms with Crippen molar-refractivity contribution in [3.8, 4) is 11.3 Å². The number of amides is 2. The number of nitrogens with one attached hydrogen (secondary N) is 1. The fourth-order valence-electron chi connectivity index (χ4n) is 3.77. The molecule has 0 unspecified atom stereocenters. The summed E-state index contributed by atoms with van der Waals surface area (Å²) in [5.74, 6) is -1.08. The van der Waals surface area contributed by atoms with Crippen LogP contribution in [0.1, 0.15) is 10.6 Å². The molecule has 4 heterocycles. The number of rotatable bonds is 6. The van der Waals surface area contributed by atoms with E-state index in [-0.39, 0.29) is 18.0 Å². The number of aliphatic carboxylic acids is 1. The first-order valence-corrected chi connectivity index (χ1v) is 11.7. The minimum Gasteiger partial charge on any atom is -0.477 e. The Balaban J connectivity index is 1.37. The Labute approximate surface area is 190 Å². The summed E-state index contributed by atoms with van der Waals surface area (Å²) in [6, 6.07) is 14.0. The van der Waals surface area contributed by atoms with Gasteiger partial charge in [0.25, 0.3) is 5.91 Å². The number of benzene rings is 1. The van der Waals surface area contributed by atoms with Gasteiger partial charge in [-0.05, 0) is 11.4 Å². The summed E-state index contributed by atoms with van der Waals surface area (Å²) >= 11 is 2.86. The topological polar surface area (TPSA) is 113 Å². The van der Waals surface area contributed by atoms with E-state index in [1.807, 2.05) is 47.8 Å². The lowest BCUT2D eigenvalue weighted by molar-refractivity contribution is -0.150. The van der Waals surface area contributed by atoms with Gasteiger partial charge in [-0.15, -0.1) is 23.1 Å². The molecule has 2 N–H and O–H groups in total. The number of aromatic nitrogens is 1. The predicted molar refractivity (Wildman–Crippen MR) is 120 cm³/mol. The third-order valence-corrected chi connectivity index (χ3v) is 7.44. The van der Waals surface area contributed by atoms with Gasteiger partial charge in [-0.3, -0.25) is 14.5 Å². The van der Waals surface area contributed by atoms with E-state index in [0.717, 1.165) is 10.4 Å². The molecule has 2 aliphatic rings. The van der Waals surface area contributed by atoms with Crippen molar-refractivity contribution >= 4 is 46.5 Å². The van der Waals surface area contributed by atoms with Gasteiger partial charge >= 0.3 is 5.97 Å². The normalized spacial score (nSPS) is 20.0. The maximum Gasteiger partial charge on any atom is 0.353 e. The smallest absolute Gasteiger partial charge is 0.353 e. The van der Waals surface area contributed by atoms with Gasteiger partial charge in [0.2, 0.25) is 5.91 Å². The lowest BCUT2D eigenvalue weighted by Gasteiger charge is -2.49. The second-order valence-electron chi connectivity index (χ2n) is 7.29. The lowest BCUT2D eigenvalue weighted by Crippen LogP contribution is -2.70. The molecule has 2 aliphatic heterocycles. The molecule has 10 heteroatoms. The Kier molecular flexibility index (Phi) is 5.32. The number of nitrogens with zero attached hydrogens (tertiary/aromatic N) is 2. The molecule has 0 aliphatic carbocycles. The Morgan fingerprint density at radius 3 is 2.75 bits per heavy atom. The second-order valence-corrected chi connectivity index (χ2v) is 9.42. The summed E-state index contributed by atoms with van der Waals surface area (Å²) in [5, 5.41) is 18.1. The number of carboxylic acid groups (broad SMARTS) is 1. The first kappa shape index (κ1) is 20.5. The van der Waals surface area contributed by atoms with Gasteiger partial charge in [0, 0.05) is 27.8 Å². The SMILES string of the molecule is O=C(Cc1cccs1)N[C@@H]1C(=O)N2C(C(=O)O)=C(c3cc(-c4ccccc4)on3)CS[C@H]12. The van der Waals surface area contributed by atoms with Gasteiger partial charge in [-0.2, -0.15) is 0 Å². The van der Waals surface area contributed by atoms with E-state index in [9.17, 15) is 19.5 Å². The Morgan fingerprint density at radius 1 is 1.22 bits per heavy atom. The van der Waals surface area contributed by atoms with Crippen LogP contribution in [0.3, 0.4) is 0 Å². The first-order chi connectivity index (χ1) is 15.5. The quantitative estimate of drug-likeness (QED) is 0.536. The van der Waals surface area contributed by atoms with Crippen LogP contribution in [0.4, 0.5) is 0 Å². The van der Waals surface area contributed by atoms with Crippen LogP contribution in [0.2, 0.25) is 0 Å². The van der Waals surface area contributed by atoms with Crippen molar-refractivity contribution in [3.05, 3.63) is 70.2 Å². The average Bonchev–Trinajstić information content (AvgIpc) is 3.49. The maximum atomic E-state index is 12.8. The highest BCUT2D eigenvalue weighted by Crippen LogP contribution is 2.43. The third-order valence-electron chi connectivity index (χ3n) is 5.28. The monoisotopic (exact) mass is 467 g/mol. The molecule has 0 bridgehead atoms. The van der Waals surface area contributed by atoms with Crippen molar-refractivity contribution in [2.24, 2.45) is 0 Å². The van der Waals surface area contributed by atoms with Crippen LogP contribution in [-0.4, -0.2) is 50.1 Å². The van der Waals surface area contributed by atoms with Gasteiger partial charge < -0.3 is 14.9 Å². The highest BCUT2D eigenvalue weighted by atomic mass is 32.2. The maximum absolute atomic E-state index is 12.8. The zero-order valence-corrected chi connectivity index (χ0v) is 18.2. The highest BCUT2D eigenvalue weighted by Gasteiger charge is 2.54. The number of thiophene rings is 1. The van der Waals surface area contributed by atoms with Crippen LogP contribution in [0.15, 0.2) is 64.1 Å². The number of fused-ring (bicyclic) bond motifs is 1. The number of hydrogen-bond donors (Lipinski definition) is 2. The molecule has 5 rings (SSSR count). The molecule has 0 saturated carbocycles. The number of thioether (sulfide) groups is 1. The van der Waals surface area contributed by atoms with Crippen LogP contribution in [-0.2, 0) is 20.8 Å². The van der Waals surface area contributed by atoms with E-state index < -0.39 is 23.3 Å². The van der Waals surface area contributed by atoms with E-state index >= 15 is 0 Å². The summed E-state index contributed by atoms with van der Waals surface area (Å²) in [6.45, 7) is 0. The summed E-state index contributed by atoms with van der Waals surface area (Å²) in [5.41, 5.74) is 1.50. The standard InChI is InChI=1S/C22H17N3O5S2/c26-17(9-13-7-4-8-31-13)23-18-20(27)25-19(22(28)29)14(11-32-21(18)25)15-10-16(30-24-15)12-5-2-1-3-6-12/h1-8,10,18,21H,9,11H2,(H,23,26)(H,28,29)/t18-,21-/m1/s1. The minimum absolute atomic E-state index is 0.115. The molecule has 32 heavy (non-hydrogen) atoms. The van der Waals surface area contributed by atoms with E-state index in [1.54, 1.807) is 6.07 Å². The van der Waals surface area contributed by atoms with Gasteiger partial charge in [-0.1, -0.05) is 41.6 Å². The van der Waals surface area contributed by atoms with Crippen LogP contribution >= 0.6 is 23.1 Å². The molecular weight excluding hydrogens is 450 g/mol. The van der Waals surface area contributed by atoms with Crippen molar-refractivity contribution < 1.29 is 24.0 Å². The molecule has 1 saturated heterocycles. The number of carboxylic acids is 1. The second kappa shape index (κ2) is 8.29. The zero-order chi connectivity index (χ0) is 22.2. The average molecular weight is 468 g/mol. The van der Waals surface area contributed by atoms with E-state index in [1.165, 1.54) is 28.0 Å². The van der Waals surface area contributed by atoms with Gasteiger partial charge in [0.1, 0.15) is 22.8 Å². The lowest BCUT2D eigenvalue weighted by atomic mass is 10.0. The number of carbonyl (C=O) groups is 3. The molecule has 162 valence electrons. The van der Waals surface area contributed by atoms with E-state index in [4.69, 9.17) is 4.52 Å². The molecule has 2 aromatic heterocycles. The predicted octanol–water partition coefficient (Wildman–Crippen LogP) is 2.84. The van der Waals surface area contributed by atoms with Crippen molar-refractivity contribution in [2.45, 2.75) is 17.8 Å². The largest absolute Gasteiger partial charge is 0.477 e. The Morgan fingerprint density at radius 2 is 2.03 bits per heavy atom. The molecule has 0 radical (unpaired) electrons. The number of β-lactam (4-membered cyclic amide) rings is 1. The van der Waals surface area contributed by atoms with Crippen LogP contribution < -0.4 is 5.32 Å². The zero-order valence-electron chi connectivity index (χ0n) is 16.6. The Hall–Kier alpha value is -3.37. The molecular formula is C22H17N3O5S2. The van der Waals surface area contributed by atoms with E-state index in [0.29, 0.717) is 22.8 Å². The summed E-state index contributed by atoms with van der Waals surface area (Å²) in [7, 11) is 0. The molecule has 2 atom stereocenters. The molecule has 8 nitrogen and oxygen atoms in total.